The van der Waals surface area contributed by atoms with Crippen LogP contribution in [0.4, 0.5) is 0 Å². The van der Waals surface area contributed by atoms with Gasteiger partial charge in [-0.15, -0.1) is 0 Å². The van der Waals surface area contributed by atoms with Crippen molar-refractivity contribution in [2.45, 2.75) is 33.7 Å². The van der Waals surface area contributed by atoms with Gasteiger partial charge in [-0.3, -0.25) is 9.59 Å². The summed E-state index contributed by atoms with van der Waals surface area (Å²) in [6.07, 6.45) is 1.79. The summed E-state index contributed by atoms with van der Waals surface area (Å²) in [5, 5.41) is 2.51. The quantitative estimate of drug-likeness (QED) is 0.638. The van der Waals surface area contributed by atoms with E-state index in [1.165, 1.54) is 6.92 Å². The molecule has 1 radical (unpaired) electrons. The number of hydrogen-bond donors (Lipinski definition) is 1. The largest absolute Gasteiger partial charge is 0.345 e. The van der Waals surface area contributed by atoms with Crippen molar-refractivity contribution in [1.29, 1.82) is 0 Å². The van der Waals surface area contributed by atoms with E-state index in [1.807, 2.05) is 20.8 Å². The third-order valence-corrected chi connectivity index (χ3v) is 1.33. The van der Waals surface area contributed by atoms with Crippen molar-refractivity contribution >= 4 is 12.2 Å². The lowest BCUT2D eigenvalue weighted by Gasteiger charge is -2.25. The molecule has 0 aliphatic carbocycles. The Morgan fingerprint density at radius 3 is 2.00 bits per heavy atom. The fraction of sp³-hybridized carbons (Fsp3) is 0.750. The summed E-state index contributed by atoms with van der Waals surface area (Å²) >= 11 is 0. The van der Waals surface area contributed by atoms with Crippen LogP contribution >= 0.6 is 0 Å². The first-order valence-corrected chi connectivity index (χ1v) is 3.52. The molecule has 63 valence electrons. The fourth-order valence-electron chi connectivity index (χ4n) is 0.626. The Balaban J connectivity index is 4.18. The van der Waals surface area contributed by atoms with Crippen LogP contribution in [-0.4, -0.2) is 18.2 Å². The second-order valence-corrected chi connectivity index (χ2v) is 3.62. The molecule has 11 heavy (non-hydrogen) atoms. The summed E-state index contributed by atoms with van der Waals surface area (Å²) in [6, 6.07) is -0.514. The predicted molar refractivity (Wildman–Crippen MR) is 42.8 cm³/mol. The van der Waals surface area contributed by atoms with Crippen molar-refractivity contribution in [2.75, 3.05) is 0 Å². The maximum atomic E-state index is 10.6. The van der Waals surface area contributed by atoms with Crippen molar-refractivity contribution in [3.63, 3.8) is 0 Å². The van der Waals surface area contributed by atoms with Crippen molar-refractivity contribution in [1.82, 2.24) is 5.32 Å². The van der Waals surface area contributed by atoms with Crippen LogP contribution in [0.3, 0.4) is 0 Å². The van der Waals surface area contributed by atoms with Crippen LogP contribution in [0, 0.1) is 5.41 Å². The van der Waals surface area contributed by atoms with Gasteiger partial charge in [0.25, 0.3) is 0 Å². The molecule has 1 unspecified atom stereocenters. The predicted octanol–water partition coefficient (Wildman–Crippen LogP) is 0.647. The van der Waals surface area contributed by atoms with Gasteiger partial charge in [-0.05, 0) is 5.41 Å². The highest BCUT2D eigenvalue weighted by molar-refractivity contribution is 5.77. The Hall–Kier alpha value is -0.860. The zero-order chi connectivity index (χ0) is 9.07. The minimum atomic E-state index is -0.514. The van der Waals surface area contributed by atoms with E-state index in [2.05, 4.69) is 5.32 Å². The van der Waals surface area contributed by atoms with Crippen LogP contribution in [0.25, 0.3) is 0 Å². The molecule has 0 heterocycles. The van der Waals surface area contributed by atoms with Crippen LogP contribution in [0.2, 0.25) is 0 Å². The highest BCUT2D eigenvalue weighted by Gasteiger charge is 2.25. The Kier molecular flexibility index (Phi) is 3.23. The maximum absolute atomic E-state index is 10.6. The van der Waals surface area contributed by atoms with Gasteiger partial charge in [-0.1, -0.05) is 20.8 Å². The van der Waals surface area contributed by atoms with Gasteiger partial charge < -0.3 is 5.32 Å². The first-order valence-electron chi connectivity index (χ1n) is 3.52. The molecular weight excluding hydrogens is 142 g/mol. The number of rotatable bonds is 2. The second kappa shape index (κ2) is 3.51. The lowest BCUT2D eigenvalue weighted by molar-refractivity contribution is -0.119. The summed E-state index contributed by atoms with van der Waals surface area (Å²) in [5.74, 6) is -0.201. The van der Waals surface area contributed by atoms with Gasteiger partial charge in [-0.2, -0.15) is 0 Å². The Morgan fingerprint density at radius 2 is 1.91 bits per heavy atom. The second-order valence-electron chi connectivity index (χ2n) is 3.62. The summed E-state index contributed by atoms with van der Waals surface area (Å²) in [6.45, 7) is 7.01. The number of carbonyl (C=O) groups is 1. The zero-order valence-corrected chi connectivity index (χ0v) is 7.39. The molecule has 0 fully saturated rings. The molecule has 3 nitrogen and oxygen atoms in total. The van der Waals surface area contributed by atoms with E-state index in [4.69, 9.17) is 0 Å². The molecule has 0 saturated heterocycles. The normalized spacial score (nSPS) is 13.8. The molecule has 0 aromatic carbocycles. The average Bonchev–Trinajstić information content (AvgIpc) is 1.79. The lowest BCUT2D eigenvalue weighted by Crippen LogP contribution is -2.43. The lowest BCUT2D eigenvalue weighted by atomic mass is 9.88. The smallest absolute Gasteiger partial charge is 0.223 e. The zero-order valence-electron chi connectivity index (χ0n) is 7.39. The molecule has 0 bridgehead atoms. The highest BCUT2D eigenvalue weighted by atomic mass is 16.2. The number of carbonyl (C=O) groups excluding carboxylic acids is 2. The average molecular weight is 156 g/mol. The van der Waals surface area contributed by atoms with Crippen LogP contribution in [0.5, 0.6) is 0 Å². The number of amides is 1. The van der Waals surface area contributed by atoms with Crippen molar-refractivity contribution in [2.24, 2.45) is 5.41 Å². The Bertz CT molecular complexity index is 158. The van der Waals surface area contributed by atoms with Crippen molar-refractivity contribution < 1.29 is 9.59 Å². The van der Waals surface area contributed by atoms with E-state index in [0.717, 1.165) is 0 Å². The molecular formula is C8H14NO2. The Labute approximate surface area is 67.2 Å². The van der Waals surface area contributed by atoms with E-state index >= 15 is 0 Å². The molecule has 0 rings (SSSR count). The van der Waals surface area contributed by atoms with Gasteiger partial charge in [0.15, 0.2) is 0 Å². The first-order chi connectivity index (χ1) is 4.88. The summed E-state index contributed by atoms with van der Waals surface area (Å²) < 4.78 is 0. The fourth-order valence-corrected chi connectivity index (χ4v) is 0.626. The minimum absolute atomic E-state index is 0.201. The van der Waals surface area contributed by atoms with Gasteiger partial charge in [0.2, 0.25) is 12.2 Å². The molecule has 0 aromatic rings. The van der Waals surface area contributed by atoms with Crippen LogP contribution < -0.4 is 5.32 Å². The van der Waals surface area contributed by atoms with Crippen molar-refractivity contribution in [3.8, 4) is 0 Å². The van der Waals surface area contributed by atoms with Crippen LogP contribution in [0.15, 0.2) is 0 Å². The van der Waals surface area contributed by atoms with Gasteiger partial charge in [-0.25, -0.2) is 0 Å². The third-order valence-electron chi connectivity index (χ3n) is 1.33. The molecule has 0 saturated carbocycles. The molecule has 1 amide bonds. The SMILES string of the molecule is CC(=O)NC([C]=O)C(C)(C)C. The van der Waals surface area contributed by atoms with Gasteiger partial charge in [0, 0.05) is 6.92 Å². The van der Waals surface area contributed by atoms with Gasteiger partial charge in [0.05, 0.1) is 0 Å². The molecule has 1 N–H and O–H groups in total. The maximum Gasteiger partial charge on any atom is 0.223 e. The van der Waals surface area contributed by atoms with E-state index in [-0.39, 0.29) is 11.3 Å². The van der Waals surface area contributed by atoms with Gasteiger partial charge >= 0.3 is 0 Å². The topological polar surface area (TPSA) is 46.2 Å². The van der Waals surface area contributed by atoms with E-state index in [0.29, 0.717) is 0 Å². The van der Waals surface area contributed by atoms with Gasteiger partial charge in [0.1, 0.15) is 6.04 Å². The van der Waals surface area contributed by atoms with Crippen LogP contribution in [0.1, 0.15) is 27.7 Å². The van der Waals surface area contributed by atoms with E-state index in [1.54, 1.807) is 6.29 Å². The Morgan fingerprint density at radius 1 is 1.45 bits per heavy atom. The van der Waals surface area contributed by atoms with E-state index < -0.39 is 6.04 Å². The first kappa shape index (κ1) is 10.1. The molecule has 0 spiro atoms. The molecule has 1 atom stereocenters. The van der Waals surface area contributed by atoms with E-state index in [9.17, 15) is 9.59 Å². The number of hydrogen-bond acceptors (Lipinski definition) is 2. The summed E-state index contributed by atoms with van der Waals surface area (Å²) in [7, 11) is 0. The third kappa shape index (κ3) is 3.75. The summed E-state index contributed by atoms with van der Waals surface area (Å²) in [5.41, 5.74) is -0.257. The molecule has 3 heteroatoms. The van der Waals surface area contributed by atoms with Crippen LogP contribution in [-0.2, 0) is 9.59 Å². The minimum Gasteiger partial charge on any atom is -0.345 e. The number of nitrogens with one attached hydrogen (secondary N) is 1. The molecule has 0 aliphatic rings. The van der Waals surface area contributed by atoms with Crippen molar-refractivity contribution in [3.05, 3.63) is 0 Å². The highest BCUT2D eigenvalue weighted by Crippen LogP contribution is 2.17. The summed E-state index contributed by atoms with van der Waals surface area (Å²) in [4.78, 5) is 20.9. The molecule has 0 aliphatic heterocycles. The standard InChI is InChI=1S/C8H14NO2/c1-6(11)9-7(5-10)8(2,3)4/h7H,1-4H3,(H,9,11). The monoisotopic (exact) mass is 156 g/mol. The molecule has 0 aromatic heterocycles.